The molecule has 0 bridgehead atoms. The number of para-hydroxylation sites is 2. The van der Waals surface area contributed by atoms with Crippen molar-refractivity contribution in [2.75, 3.05) is 24.5 Å². The average molecular weight is 349 g/mol. The van der Waals surface area contributed by atoms with Crippen molar-refractivity contribution < 1.29 is 9.59 Å². The minimum Gasteiger partial charge on any atom is -0.352 e. The molecule has 1 fully saturated rings. The predicted molar refractivity (Wildman–Crippen MR) is 99.3 cm³/mol. The Kier molecular flexibility index (Phi) is 4.27. The molecule has 7 heteroatoms. The maximum Gasteiger partial charge on any atom is 0.321 e. The summed E-state index contributed by atoms with van der Waals surface area (Å²) in [6.45, 7) is 1.78. The van der Waals surface area contributed by atoms with Crippen molar-refractivity contribution in [3.8, 4) is 0 Å². The average Bonchev–Trinajstić information content (AvgIpc) is 3.27. The smallest absolute Gasteiger partial charge is 0.321 e. The molecule has 4 rings (SSSR count). The molecule has 0 spiro atoms. The van der Waals surface area contributed by atoms with E-state index in [1.54, 1.807) is 29.2 Å². The summed E-state index contributed by atoms with van der Waals surface area (Å²) in [6, 6.07) is 14.8. The molecule has 1 aliphatic rings. The Balaban J connectivity index is 1.33. The maximum atomic E-state index is 12.3. The Hall–Kier alpha value is -3.35. The normalized spacial score (nSPS) is 13.8. The molecule has 1 saturated heterocycles. The van der Waals surface area contributed by atoms with Gasteiger partial charge in [-0.15, -0.1) is 0 Å². The van der Waals surface area contributed by atoms with E-state index in [1.807, 2.05) is 24.3 Å². The molecule has 2 aromatic carbocycles. The Morgan fingerprint density at radius 1 is 1.15 bits per heavy atom. The Labute approximate surface area is 150 Å². The number of hydrogen-bond acceptors (Lipinski definition) is 3. The van der Waals surface area contributed by atoms with E-state index in [2.05, 4.69) is 20.6 Å². The van der Waals surface area contributed by atoms with Crippen LogP contribution in [-0.4, -0.2) is 41.5 Å². The van der Waals surface area contributed by atoms with Crippen LogP contribution in [0.5, 0.6) is 0 Å². The van der Waals surface area contributed by atoms with Gasteiger partial charge in [0.1, 0.15) is 5.82 Å². The first-order valence-corrected chi connectivity index (χ1v) is 8.58. The van der Waals surface area contributed by atoms with Crippen LogP contribution in [0.3, 0.4) is 0 Å². The van der Waals surface area contributed by atoms with Gasteiger partial charge in [0.2, 0.25) is 0 Å². The Morgan fingerprint density at radius 2 is 1.96 bits per heavy atom. The summed E-state index contributed by atoms with van der Waals surface area (Å²) in [7, 11) is 0. The van der Waals surface area contributed by atoms with E-state index in [4.69, 9.17) is 0 Å². The van der Waals surface area contributed by atoms with Crippen molar-refractivity contribution in [3.63, 3.8) is 0 Å². The van der Waals surface area contributed by atoms with Gasteiger partial charge in [-0.3, -0.25) is 9.69 Å². The van der Waals surface area contributed by atoms with Gasteiger partial charge in [-0.05, 0) is 36.4 Å². The first-order chi connectivity index (χ1) is 12.7. The maximum absolute atomic E-state index is 12.3. The van der Waals surface area contributed by atoms with Crippen molar-refractivity contribution in [2.45, 2.75) is 6.42 Å². The highest BCUT2D eigenvalue weighted by Gasteiger charge is 2.21. The number of urea groups is 1. The van der Waals surface area contributed by atoms with Crippen LogP contribution in [0.1, 0.15) is 16.2 Å². The molecule has 0 atom stereocenters. The molecule has 132 valence electrons. The first-order valence-electron chi connectivity index (χ1n) is 8.58. The molecule has 0 saturated carbocycles. The summed E-state index contributed by atoms with van der Waals surface area (Å²) >= 11 is 0. The second-order valence-corrected chi connectivity index (χ2v) is 6.14. The van der Waals surface area contributed by atoms with Crippen LogP contribution in [0.4, 0.5) is 10.5 Å². The Morgan fingerprint density at radius 3 is 2.69 bits per heavy atom. The van der Waals surface area contributed by atoms with Crippen molar-refractivity contribution >= 4 is 28.7 Å². The predicted octanol–water partition coefficient (Wildman–Crippen LogP) is 2.06. The van der Waals surface area contributed by atoms with Crippen molar-refractivity contribution in [3.05, 3.63) is 59.9 Å². The number of carbonyl (C=O) groups excluding carboxylic acids is 2. The van der Waals surface area contributed by atoms with Gasteiger partial charge in [0.25, 0.3) is 5.91 Å². The monoisotopic (exact) mass is 349 g/mol. The minimum atomic E-state index is -0.140. The van der Waals surface area contributed by atoms with E-state index in [0.717, 1.165) is 22.5 Å². The van der Waals surface area contributed by atoms with Gasteiger partial charge in [-0.2, -0.15) is 0 Å². The van der Waals surface area contributed by atoms with Crippen LogP contribution in [-0.2, 0) is 6.42 Å². The van der Waals surface area contributed by atoms with Crippen LogP contribution in [0.2, 0.25) is 0 Å². The van der Waals surface area contributed by atoms with Crippen molar-refractivity contribution in [1.82, 2.24) is 20.6 Å². The number of anilines is 1. The molecule has 3 amide bonds. The lowest BCUT2D eigenvalue weighted by Gasteiger charge is -2.14. The molecule has 1 aromatic heterocycles. The third kappa shape index (κ3) is 3.23. The molecule has 1 aliphatic heterocycles. The van der Waals surface area contributed by atoms with Crippen LogP contribution in [0, 0.1) is 0 Å². The van der Waals surface area contributed by atoms with Crippen molar-refractivity contribution in [2.24, 2.45) is 0 Å². The van der Waals surface area contributed by atoms with Gasteiger partial charge in [-0.25, -0.2) is 9.78 Å². The van der Waals surface area contributed by atoms with E-state index in [-0.39, 0.29) is 11.9 Å². The summed E-state index contributed by atoms with van der Waals surface area (Å²) in [5.41, 5.74) is 3.28. The quantitative estimate of drug-likeness (QED) is 0.659. The molecule has 0 radical (unpaired) electrons. The van der Waals surface area contributed by atoms with E-state index in [1.165, 1.54) is 0 Å². The van der Waals surface area contributed by atoms with E-state index in [0.29, 0.717) is 31.6 Å². The highest BCUT2D eigenvalue weighted by atomic mass is 16.2. The number of hydrogen-bond donors (Lipinski definition) is 3. The number of fused-ring (bicyclic) bond motifs is 1. The number of nitrogens with one attached hydrogen (secondary N) is 3. The van der Waals surface area contributed by atoms with E-state index in [9.17, 15) is 9.59 Å². The topological polar surface area (TPSA) is 90.1 Å². The second kappa shape index (κ2) is 6.87. The number of H-pyrrole nitrogens is 1. The van der Waals surface area contributed by atoms with Crippen LogP contribution in [0.25, 0.3) is 11.0 Å². The molecular formula is C19H19N5O2. The molecule has 0 aliphatic carbocycles. The highest BCUT2D eigenvalue weighted by molar-refractivity contribution is 5.97. The zero-order chi connectivity index (χ0) is 17.9. The molecule has 26 heavy (non-hydrogen) atoms. The number of benzene rings is 2. The Bertz CT molecular complexity index is 915. The van der Waals surface area contributed by atoms with Crippen LogP contribution in [0.15, 0.2) is 48.5 Å². The van der Waals surface area contributed by atoms with Gasteiger partial charge in [0.05, 0.1) is 11.0 Å². The molecule has 3 N–H and O–H groups in total. The SMILES string of the molecule is O=C(NCCc1nc2ccccc2[nH]1)c1ccc(N2CCNC2=O)cc1. The summed E-state index contributed by atoms with van der Waals surface area (Å²) in [5.74, 6) is 0.709. The minimum absolute atomic E-state index is 0.104. The lowest BCUT2D eigenvalue weighted by Crippen LogP contribution is -2.28. The van der Waals surface area contributed by atoms with E-state index < -0.39 is 0 Å². The molecule has 0 unspecified atom stereocenters. The summed E-state index contributed by atoms with van der Waals surface area (Å²) in [6.07, 6.45) is 0.631. The number of imidazole rings is 1. The first kappa shape index (κ1) is 16.1. The lowest BCUT2D eigenvalue weighted by atomic mass is 10.2. The van der Waals surface area contributed by atoms with Gasteiger partial charge < -0.3 is 15.6 Å². The second-order valence-electron chi connectivity index (χ2n) is 6.14. The number of aromatic nitrogens is 2. The third-order valence-corrected chi connectivity index (χ3v) is 4.38. The molecule has 2 heterocycles. The molecule has 7 nitrogen and oxygen atoms in total. The van der Waals surface area contributed by atoms with Gasteiger partial charge in [0.15, 0.2) is 0 Å². The standard InChI is InChI=1S/C19H19N5O2/c25-18(13-5-7-14(8-6-13)24-12-11-21-19(24)26)20-10-9-17-22-15-3-1-2-4-16(15)23-17/h1-8H,9-12H2,(H,20,25)(H,21,26)(H,22,23). The zero-order valence-electron chi connectivity index (χ0n) is 14.2. The number of rotatable bonds is 5. The van der Waals surface area contributed by atoms with E-state index >= 15 is 0 Å². The third-order valence-electron chi connectivity index (χ3n) is 4.38. The molecular weight excluding hydrogens is 330 g/mol. The number of aromatic amines is 1. The van der Waals surface area contributed by atoms with Crippen LogP contribution >= 0.6 is 0 Å². The summed E-state index contributed by atoms with van der Waals surface area (Å²) in [4.78, 5) is 33.3. The largest absolute Gasteiger partial charge is 0.352 e. The fourth-order valence-electron chi connectivity index (χ4n) is 3.03. The fraction of sp³-hybridized carbons (Fsp3) is 0.211. The number of nitrogens with zero attached hydrogens (tertiary/aromatic N) is 2. The summed E-state index contributed by atoms with van der Waals surface area (Å²) in [5, 5.41) is 5.66. The highest BCUT2D eigenvalue weighted by Crippen LogP contribution is 2.17. The van der Waals surface area contributed by atoms with Crippen LogP contribution < -0.4 is 15.5 Å². The lowest BCUT2D eigenvalue weighted by molar-refractivity contribution is 0.0954. The van der Waals surface area contributed by atoms with Gasteiger partial charge in [-0.1, -0.05) is 12.1 Å². The zero-order valence-corrected chi connectivity index (χ0v) is 14.2. The fourth-order valence-corrected chi connectivity index (χ4v) is 3.03. The van der Waals surface area contributed by atoms with Gasteiger partial charge >= 0.3 is 6.03 Å². The van der Waals surface area contributed by atoms with Gasteiger partial charge in [0, 0.05) is 37.3 Å². The molecule has 3 aromatic rings. The number of carbonyl (C=O) groups is 2. The number of amides is 3. The van der Waals surface area contributed by atoms with Crippen molar-refractivity contribution in [1.29, 1.82) is 0 Å². The summed E-state index contributed by atoms with van der Waals surface area (Å²) < 4.78 is 0.